The molecular formula is C12H18N2OS. The molecule has 2 N–H and O–H groups in total. The quantitative estimate of drug-likeness (QED) is 0.861. The van der Waals surface area contributed by atoms with E-state index in [2.05, 4.69) is 0 Å². The van der Waals surface area contributed by atoms with Crippen LogP contribution in [0.3, 0.4) is 0 Å². The van der Waals surface area contributed by atoms with Crippen LogP contribution in [-0.4, -0.2) is 23.9 Å². The van der Waals surface area contributed by atoms with Crippen LogP contribution in [0.5, 0.6) is 0 Å². The van der Waals surface area contributed by atoms with Gasteiger partial charge in [-0.1, -0.05) is 12.8 Å². The summed E-state index contributed by atoms with van der Waals surface area (Å²) >= 11 is 1.49. The second-order valence-electron chi connectivity index (χ2n) is 4.48. The molecule has 4 heteroatoms. The summed E-state index contributed by atoms with van der Waals surface area (Å²) in [6.45, 7) is 1.95. The van der Waals surface area contributed by atoms with E-state index in [1.807, 2.05) is 18.9 Å². The third-order valence-corrected chi connectivity index (χ3v) is 4.41. The number of nitrogens with two attached hydrogens (primary N) is 1. The van der Waals surface area contributed by atoms with Crippen LogP contribution in [0.4, 0.5) is 5.69 Å². The molecule has 0 unspecified atom stereocenters. The van der Waals surface area contributed by atoms with E-state index in [0.717, 1.165) is 28.3 Å². The van der Waals surface area contributed by atoms with Crippen LogP contribution in [0.15, 0.2) is 6.07 Å². The van der Waals surface area contributed by atoms with Gasteiger partial charge in [0.15, 0.2) is 0 Å². The third-order valence-electron chi connectivity index (χ3n) is 3.36. The van der Waals surface area contributed by atoms with Crippen molar-refractivity contribution in [2.45, 2.75) is 38.6 Å². The lowest BCUT2D eigenvalue weighted by molar-refractivity contribution is 0.0740. The number of hydrogen-bond acceptors (Lipinski definition) is 3. The number of carbonyl (C=O) groups is 1. The Morgan fingerprint density at radius 2 is 2.12 bits per heavy atom. The highest BCUT2D eigenvalue weighted by Gasteiger charge is 2.25. The van der Waals surface area contributed by atoms with Gasteiger partial charge in [0.2, 0.25) is 0 Å². The van der Waals surface area contributed by atoms with Crippen LogP contribution >= 0.6 is 11.3 Å². The summed E-state index contributed by atoms with van der Waals surface area (Å²) in [7, 11) is 1.91. The molecule has 0 bridgehead atoms. The summed E-state index contributed by atoms with van der Waals surface area (Å²) < 4.78 is 0. The van der Waals surface area contributed by atoms with Gasteiger partial charge >= 0.3 is 0 Å². The Morgan fingerprint density at radius 3 is 2.62 bits per heavy atom. The van der Waals surface area contributed by atoms with Gasteiger partial charge in [0.05, 0.1) is 4.88 Å². The lowest BCUT2D eigenvalue weighted by Gasteiger charge is -2.23. The average molecular weight is 238 g/mol. The molecule has 2 rings (SSSR count). The molecule has 0 saturated heterocycles. The van der Waals surface area contributed by atoms with E-state index in [1.165, 1.54) is 24.2 Å². The van der Waals surface area contributed by atoms with Gasteiger partial charge in [0, 0.05) is 23.7 Å². The largest absolute Gasteiger partial charge is 0.398 e. The zero-order valence-corrected chi connectivity index (χ0v) is 10.6. The molecule has 1 aliphatic carbocycles. The average Bonchev–Trinajstić information content (AvgIpc) is 2.87. The van der Waals surface area contributed by atoms with Crippen molar-refractivity contribution in [2.24, 2.45) is 0 Å². The van der Waals surface area contributed by atoms with E-state index in [-0.39, 0.29) is 5.91 Å². The number of nitrogens with zero attached hydrogens (tertiary/aromatic N) is 1. The minimum absolute atomic E-state index is 0.122. The highest BCUT2D eigenvalue weighted by atomic mass is 32.1. The fraction of sp³-hybridized carbons (Fsp3) is 0.583. The monoisotopic (exact) mass is 238 g/mol. The highest BCUT2D eigenvalue weighted by Crippen LogP contribution is 2.28. The first-order valence-electron chi connectivity index (χ1n) is 5.72. The molecule has 88 valence electrons. The van der Waals surface area contributed by atoms with Gasteiger partial charge in [-0.25, -0.2) is 0 Å². The number of nitrogen functional groups attached to an aromatic ring is 1. The molecule has 1 saturated carbocycles. The summed E-state index contributed by atoms with van der Waals surface area (Å²) in [6.07, 6.45) is 4.77. The van der Waals surface area contributed by atoms with Gasteiger partial charge < -0.3 is 10.6 Å². The number of amides is 1. The number of hydrogen-bond donors (Lipinski definition) is 1. The SMILES string of the molecule is Cc1sc(C(=O)N(C)C2CCCC2)cc1N. The zero-order valence-electron chi connectivity index (χ0n) is 9.82. The second kappa shape index (κ2) is 4.45. The standard InChI is InChI=1S/C12H18N2OS/c1-8-10(13)7-11(16-8)12(15)14(2)9-5-3-4-6-9/h7,9H,3-6,13H2,1-2H3. The van der Waals surface area contributed by atoms with E-state index in [0.29, 0.717) is 6.04 Å². The number of anilines is 1. The van der Waals surface area contributed by atoms with E-state index in [1.54, 1.807) is 6.07 Å². The molecule has 0 spiro atoms. The fourth-order valence-corrected chi connectivity index (χ4v) is 3.16. The summed E-state index contributed by atoms with van der Waals surface area (Å²) in [5, 5.41) is 0. The van der Waals surface area contributed by atoms with Crippen LogP contribution in [0, 0.1) is 6.92 Å². The molecule has 1 fully saturated rings. The van der Waals surface area contributed by atoms with Gasteiger partial charge in [0.25, 0.3) is 5.91 Å². The first-order chi connectivity index (χ1) is 7.59. The third kappa shape index (κ3) is 2.07. The van der Waals surface area contributed by atoms with Crippen LogP contribution in [-0.2, 0) is 0 Å². The van der Waals surface area contributed by atoms with Crippen molar-refractivity contribution < 1.29 is 4.79 Å². The number of aryl methyl sites for hydroxylation is 1. The van der Waals surface area contributed by atoms with Crippen molar-refractivity contribution >= 4 is 22.9 Å². The van der Waals surface area contributed by atoms with E-state index in [9.17, 15) is 4.79 Å². The molecule has 0 aromatic carbocycles. The molecule has 1 aliphatic rings. The number of thiophene rings is 1. The first kappa shape index (κ1) is 11.5. The molecule has 0 aliphatic heterocycles. The predicted octanol–water partition coefficient (Wildman–Crippen LogP) is 2.65. The summed E-state index contributed by atoms with van der Waals surface area (Å²) in [6, 6.07) is 2.23. The molecule has 0 atom stereocenters. The Hall–Kier alpha value is -1.03. The maximum atomic E-state index is 12.2. The molecule has 1 aromatic rings. The maximum absolute atomic E-state index is 12.2. The van der Waals surface area contributed by atoms with Crippen LogP contribution in [0.25, 0.3) is 0 Å². The van der Waals surface area contributed by atoms with Crippen molar-refractivity contribution in [3.63, 3.8) is 0 Å². The lowest BCUT2D eigenvalue weighted by Crippen LogP contribution is -2.34. The van der Waals surface area contributed by atoms with Crippen molar-refractivity contribution in [1.29, 1.82) is 0 Å². The first-order valence-corrected chi connectivity index (χ1v) is 6.54. The topological polar surface area (TPSA) is 46.3 Å². The highest BCUT2D eigenvalue weighted by molar-refractivity contribution is 7.14. The molecule has 16 heavy (non-hydrogen) atoms. The predicted molar refractivity (Wildman–Crippen MR) is 67.8 cm³/mol. The zero-order chi connectivity index (χ0) is 11.7. The molecule has 1 amide bonds. The van der Waals surface area contributed by atoms with Crippen LogP contribution < -0.4 is 5.73 Å². The summed E-state index contributed by atoms with van der Waals surface area (Å²) in [5.41, 5.74) is 6.50. The minimum atomic E-state index is 0.122. The normalized spacial score (nSPS) is 16.6. The van der Waals surface area contributed by atoms with Gasteiger partial charge in [-0.3, -0.25) is 4.79 Å². The van der Waals surface area contributed by atoms with Gasteiger partial charge in [0.1, 0.15) is 0 Å². The van der Waals surface area contributed by atoms with Gasteiger partial charge in [-0.05, 0) is 25.8 Å². The molecular weight excluding hydrogens is 220 g/mol. The lowest BCUT2D eigenvalue weighted by atomic mass is 10.2. The maximum Gasteiger partial charge on any atom is 0.263 e. The Morgan fingerprint density at radius 1 is 1.50 bits per heavy atom. The number of carbonyl (C=O) groups excluding carboxylic acids is 1. The van der Waals surface area contributed by atoms with Crippen molar-refractivity contribution in [3.8, 4) is 0 Å². The van der Waals surface area contributed by atoms with Crippen molar-refractivity contribution in [1.82, 2.24) is 4.90 Å². The Bertz CT molecular complexity index is 374. The van der Waals surface area contributed by atoms with E-state index >= 15 is 0 Å². The van der Waals surface area contributed by atoms with Gasteiger partial charge in [-0.15, -0.1) is 11.3 Å². The number of rotatable bonds is 2. The molecule has 0 radical (unpaired) electrons. The van der Waals surface area contributed by atoms with Crippen molar-refractivity contribution in [2.75, 3.05) is 12.8 Å². The molecule has 1 heterocycles. The Balaban J connectivity index is 2.11. The molecule has 1 aromatic heterocycles. The van der Waals surface area contributed by atoms with E-state index < -0.39 is 0 Å². The fourth-order valence-electron chi connectivity index (χ4n) is 2.23. The van der Waals surface area contributed by atoms with E-state index in [4.69, 9.17) is 5.73 Å². The molecule has 3 nitrogen and oxygen atoms in total. The van der Waals surface area contributed by atoms with Gasteiger partial charge in [-0.2, -0.15) is 0 Å². The van der Waals surface area contributed by atoms with Crippen LogP contribution in [0.2, 0.25) is 0 Å². The minimum Gasteiger partial charge on any atom is -0.398 e. The van der Waals surface area contributed by atoms with Crippen molar-refractivity contribution in [3.05, 3.63) is 15.8 Å². The Labute approximate surface area is 100 Å². The second-order valence-corrected chi connectivity index (χ2v) is 5.73. The Kier molecular flexibility index (Phi) is 3.19. The summed E-state index contributed by atoms with van der Waals surface area (Å²) in [4.78, 5) is 15.9. The smallest absolute Gasteiger partial charge is 0.263 e. The van der Waals surface area contributed by atoms with Crippen LogP contribution in [0.1, 0.15) is 40.2 Å². The summed E-state index contributed by atoms with van der Waals surface area (Å²) in [5.74, 6) is 0.122.